The first-order valence-corrected chi connectivity index (χ1v) is 7.12. The highest BCUT2D eigenvalue weighted by atomic mass is 16.3. The summed E-state index contributed by atoms with van der Waals surface area (Å²) in [5.74, 6) is 0.122. The van der Waals surface area contributed by atoms with Crippen LogP contribution < -0.4 is 4.90 Å². The first-order chi connectivity index (χ1) is 9.93. The van der Waals surface area contributed by atoms with E-state index >= 15 is 0 Å². The summed E-state index contributed by atoms with van der Waals surface area (Å²) < 4.78 is 0. The summed E-state index contributed by atoms with van der Waals surface area (Å²) in [6.45, 7) is 8.45. The number of carbonyl (C=O) groups is 1. The minimum absolute atomic E-state index is 0.0469. The Morgan fingerprint density at radius 3 is 2.29 bits per heavy atom. The van der Waals surface area contributed by atoms with Crippen molar-refractivity contribution in [1.82, 2.24) is 0 Å². The number of amides is 1. The molecule has 0 atom stereocenters. The molecule has 2 aromatic rings. The van der Waals surface area contributed by atoms with Gasteiger partial charge in [-0.1, -0.05) is 12.1 Å². The van der Waals surface area contributed by atoms with E-state index in [1.165, 1.54) is 5.56 Å². The van der Waals surface area contributed by atoms with Crippen molar-refractivity contribution in [3.8, 4) is 5.75 Å². The molecule has 0 fully saturated rings. The van der Waals surface area contributed by atoms with Gasteiger partial charge in [-0.25, -0.2) is 0 Å². The summed E-state index contributed by atoms with van der Waals surface area (Å²) in [4.78, 5) is 14.4. The molecule has 1 amide bonds. The van der Waals surface area contributed by atoms with E-state index in [1.807, 2.05) is 52.0 Å². The van der Waals surface area contributed by atoms with Crippen molar-refractivity contribution in [3.05, 3.63) is 58.7 Å². The van der Waals surface area contributed by atoms with Crippen molar-refractivity contribution < 1.29 is 9.90 Å². The van der Waals surface area contributed by atoms with Gasteiger partial charge >= 0.3 is 0 Å². The fraction of sp³-hybridized carbons (Fsp3) is 0.278. The van der Waals surface area contributed by atoms with Crippen LogP contribution in [0.25, 0.3) is 0 Å². The number of hydrogen-bond donors (Lipinski definition) is 1. The molecule has 2 aromatic carbocycles. The Morgan fingerprint density at radius 1 is 1.00 bits per heavy atom. The molecule has 0 saturated carbocycles. The van der Waals surface area contributed by atoms with Crippen molar-refractivity contribution in [1.29, 1.82) is 0 Å². The van der Waals surface area contributed by atoms with Gasteiger partial charge in [-0.3, -0.25) is 4.79 Å². The molecule has 1 N–H and O–H groups in total. The Morgan fingerprint density at radius 2 is 1.67 bits per heavy atom. The fourth-order valence-corrected chi connectivity index (χ4v) is 2.34. The average molecular weight is 283 g/mol. The third-order valence-corrected chi connectivity index (χ3v) is 3.80. The molecule has 3 nitrogen and oxygen atoms in total. The molecule has 2 rings (SSSR count). The Kier molecular flexibility index (Phi) is 4.32. The molecular weight excluding hydrogens is 262 g/mol. The third kappa shape index (κ3) is 3.07. The Balaban J connectivity index is 2.43. The van der Waals surface area contributed by atoms with Gasteiger partial charge in [0, 0.05) is 18.2 Å². The normalized spacial score (nSPS) is 10.5. The van der Waals surface area contributed by atoms with Crippen molar-refractivity contribution >= 4 is 11.6 Å². The van der Waals surface area contributed by atoms with Gasteiger partial charge < -0.3 is 10.0 Å². The topological polar surface area (TPSA) is 40.5 Å². The van der Waals surface area contributed by atoms with E-state index in [1.54, 1.807) is 17.0 Å². The number of benzene rings is 2. The number of hydrogen-bond acceptors (Lipinski definition) is 2. The summed E-state index contributed by atoms with van der Waals surface area (Å²) in [5, 5.41) is 9.68. The van der Waals surface area contributed by atoms with Crippen LogP contribution in [0.4, 0.5) is 5.69 Å². The SMILES string of the molecule is CCN(C(=O)c1ccc(C)c(C)c1)c1cc(O)ccc1C. The Hall–Kier alpha value is -2.29. The number of aromatic hydroxyl groups is 1. The molecule has 0 aliphatic carbocycles. The fourth-order valence-electron chi connectivity index (χ4n) is 2.34. The summed E-state index contributed by atoms with van der Waals surface area (Å²) in [5.41, 5.74) is 4.66. The number of aryl methyl sites for hydroxylation is 3. The van der Waals surface area contributed by atoms with E-state index in [2.05, 4.69) is 0 Å². The molecule has 110 valence electrons. The standard InChI is InChI=1S/C18H21NO2/c1-5-19(17-11-16(20)9-7-13(17)3)18(21)15-8-6-12(2)14(4)10-15/h6-11,20H,5H2,1-4H3. The number of nitrogens with zero attached hydrogens (tertiary/aromatic N) is 1. The van der Waals surface area contributed by atoms with Crippen LogP contribution in [0.3, 0.4) is 0 Å². The van der Waals surface area contributed by atoms with Crippen LogP contribution >= 0.6 is 0 Å². The number of carbonyl (C=O) groups excluding carboxylic acids is 1. The maximum Gasteiger partial charge on any atom is 0.258 e. The number of rotatable bonds is 3. The van der Waals surface area contributed by atoms with Gasteiger partial charge in [0.15, 0.2) is 0 Å². The zero-order valence-electron chi connectivity index (χ0n) is 13.0. The second-order valence-corrected chi connectivity index (χ2v) is 5.32. The van der Waals surface area contributed by atoms with E-state index in [4.69, 9.17) is 0 Å². The molecule has 0 spiro atoms. The highest BCUT2D eigenvalue weighted by Gasteiger charge is 2.18. The number of phenols is 1. The molecule has 0 heterocycles. The minimum Gasteiger partial charge on any atom is -0.508 e. The molecule has 0 saturated heterocycles. The Labute approximate surface area is 125 Å². The van der Waals surface area contributed by atoms with E-state index in [0.717, 1.165) is 16.8 Å². The largest absolute Gasteiger partial charge is 0.508 e. The first-order valence-electron chi connectivity index (χ1n) is 7.12. The minimum atomic E-state index is -0.0469. The average Bonchev–Trinajstić information content (AvgIpc) is 2.46. The predicted molar refractivity (Wildman–Crippen MR) is 86.1 cm³/mol. The predicted octanol–water partition coefficient (Wildman–Crippen LogP) is 3.98. The quantitative estimate of drug-likeness (QED) is 0.925. The van der Waals surface area contributed by atoms with Gasteiger partial charge in [0.1, 0.15) is 5.75 Å². The van der Waals surface area contributed by atoms with Crippen molar-refractivity contribution in [2.45, 2.75) is 27.7 Å². The van der Waals surface area contributed by atoms with Crippen LogP contribution in [-0.2, 0) is 0 Å². The molecule has 0 aromatic heterocycles. The van der Waals surface area contributed by atoms with E-state index in [-0.39, 0.29) is 11.7 Å². The Bertz CT molecular complexity index is 677. The zero-order valence-corrected chi connectivity index (χ0v) is 13.0. The van der Waals surface area contributed by atoms with Crippen molar-refractivity contribution in [2.75, 3.05) is 11.4 Å². The monoisotopic (exact) mass is 283 g/mol. The van der Waals surface area contributed by atoms with Gasteiger partial charge in [0.2, 0.25) is 0 Å². The molecule has 0 bridgehead atoms. The lowest BCUT2D eigenvalue weighted by molar-refractivity contribution is 0.0988. The maximum absolute atomic E-state index is 12.7. The lowest BCUT2D eigenvalue weighted by Gasteiger charge is -2.23. The molecule has 0 unspecified atom stereocenters. The van der Waals surface area contributed by atoms with Gasteiger partial charge in [-0.05, 0) is 62.6 Å². The highest BCUT2D eigenvalue weighted by Crippen LogP contribution is 2.26. The van der Waals surface area contributed by atoms with Crippen molar-refractivity contribution in [2.24, 2.45) is 0 Å². The second-order valence-electron chi connectivity index (χ2n) is 5.32. The van der Waals surface area contributed by atoms with Crippen LogP contribution in [0.15, 0.2) is 36.4 Å². The maximum atomic E-state index is 12.7. The van der Waals surface area contributed by atoms with E-state index < -0.39 is 0 Å². The zero-order chi connectivity index (χ0) is 15.6. The summed E-state index contributed by atoms with van der Waals surface area (Å²) in [7, 11) is 0. The van der Waals surface area contributed by atoms with E-state index in [9.17, 15) is 9.90 Å². The van der Waals surface area contributed by atoms with Crippen LogP contribution in [0, 0.1) is 20.8 Å². The first kappa shape index (κ1) is 15.1. The van der Waals surface area contributed by atoms with Gasteiger partial charge in [0.25, 0.3) is 5.91 Å². The summed E-state index contributed by atoms with van der Waals surface area (Å²) in [6.07, 6.45) is 0. The number of anilines is 1. The molecule has 0 radical (unpaired) electrons. The number of phenolic OH excluding ortho intramolecular Hbond substituents is 1. The van der Waals surface area contributed by atoms with Crippen molar-refractivity contribution in [3.63, 3.8) is 0 Å². The third-order valence-electron chi connectivity index (χ3n) is 3.80. The molecule has 3 heteroatoms. The molecule has 0 aliphatic rings. The van der Waals surface area contributed by atoms with E-state index in [0.29, 0.717) is 12.1 Å². The summed E-state index contributed by atoms with van der Waals surface area (Å²) >= 11 is 0. The van der Waals surface area contributed by atoms with Crippen LogP contribution in [0.2, 0.25) is 0 Å². The van der Waals surface area contributed by atoms with Crippen LogP contribution in [-0.4, -0.2) is 17.6 Å². The summed E-state index contributed by atoms with van der Waals surface area (Å²) in [6, 6.07) is 10.8. The highest BCUT2D eigenvalue weighted by molar-refractivity contribution is 6.06. The molecule has 0 aliphatic heterocycles. The molecule has 21 heavy (non-hydrogen) atoms. The van der Waals surface area contributed by atoms with Crippen LogP contribution in [0.5, 0.6) is 5.75 Å². The van der Waals surface area contributed by atoms with Gasteiger partial charge in [-0.2, -0.15) is 0 Å². The van der Waals surface area contributed by atoms with Gasteiger partial charge in [0.05, 0.1) is 5.69 Å². The second kappa shape index (κ2) is 6.00. The molecular formula is C18H21NO2. The van der Waals surface area contributed by atoms with Crippen LogP contribution in [0.1, 0.15) is 34.0 Å². The lowest BCUT2D eigenvalue weighted by Crippen LogP contribution is -2.31. The smallest absolute Gasteiger partial charge is 0.258 e. The van der Waals surface area contributed by atoms with Gasteiger partial charge in [-0.15, -0.1) is 0 Å². The lowest BCUT2D eigenvalue weighted by atomic mass is 10.0.